The predicted octanol–water partition coefficient (Wildman–Crippen LogP) is 1.93. The smallest absolute Gasteiger partial charge is 0.179 e. The van der Waals surface area contributed by atoms with Gasteiger partial charge in [-0.3, -0.25) is 14.6 Å². The quantitative estimate of drug-likeness (QED) is 0.787. The van der Waals surface area contributed by atoms with Crippen molar-refractivity contribution in [3.8, 4) is 0 Å². The lowest BCUT2D eigenvalue weighted by molar-refractivity contribution is 0.0839. The number of halogens is 2. The van der Waals surface area contributed by atoms with E-state index in [-0.39, 0.29) is 17.9 Å². The Morgan fingerprint density at radius 1 is 1.15 bits per heavy atom. The molecule has 0 N–H and O–H groups in total. The van der Waals surface area contributed by atoms with Gasteiger partial charge in [-0.15, -0.1) is 0 Å². The zero-order chi connectivity index (χ0) is 14.1. The van der Waals surface area contributed by atoms with E-state index in [9.17, 15) is 13.6 Å². The Hall–Kier alpha value is -1.33. The highest BCUT2D eigenvalue weighted by molar-refractivity contribution is 5.97. The molecule has 0 amide bonds. The van der Waals surface area contributed by atoms with Gasteiger partial charge in [0.2, 0.25) is 0 Å². The van der Waals surface area contributed by atoms with Gasteiger partial charge in [-0.05, 0) is 31.0 Å². The first-order valence-electron chi connectivity index (χ1n) is 7.08. The number of hydrogen-bond acceptors (Lipinski definition) is 3. The molecule has 3 nitrogen and oxygen atoms in total. The Kier molecular flexibility index (Phi) is 3.81. The fourth-order valence-electron chi connectivity index (χ4n) is 2.73. The first kappa shape index (κ1) is 13.6. The molecule has 1 saturated heterocycles. The second kappa shape index (κ2) is 5.58. The molecular weight excluding hydrogens is 262 g/mol. The van der Waals surface area contributed by atoms with E-state index in [1.807, 2.05) is 4.90 Å². The molecule has 1 aromatic rings. The lowest BCUT2D eigenvalue weighted by atomic mass is 10.1. The maximum atomic E-state index is 13.5. The van der Waals surface area contributed by atoms with E-state index in [0.29, 0.717) is 0 Å². The number of hydrogen-bond donors (Lipinski definition) is 0. The van der Waals surface area contributed by atoms with E-state index in [2.05, 4.69) is 4.90 Å². The molecule has 20 heavy (non-hydrogen) atoms. The summed E-state index contributed by atoms with van der Waals surface area (Å²) in [4.78, 5) is 16.5. The fourth-order valence-corrected chi connectivity index (χ4v) is 2.73. The van der Waals surface area contributed by atoms with Crippen LogP contribution in [0.4, 0.5) is 8.78 Å². The van der Waals surface area contributed by atoms with E-state index in [1.54, 1.807) is 0 Å². The van der Waals surface area contributed by atoms with Crippen molar-refractivity contribution in [2.75, 3.05) is 32.7 Å². The number of carbonyl (C=O) groups is 1. The SMILES string of the molecule is O=C(CN1CCN(C2CC2)CC1)c1cc(F)ccc1F. The number of rotatable bonds is 4. The lowest BCUT2D eigenvalue weighted by Crippen LogP contribution is -2.48. The average Bonchev–Trinajstić information content (AvgIpc) is 3.27. The Labute approximate surface area is 117 Å². The predicted molar refractivity (Wildman–Crippen MR) is 71.7 cm³/mol. The number of Topliss-reactive ketones (excluding diaryl/α,β-unsaturated/α-hetero) is 1. The van der Waals surface area contributed by atoms with Crippen LogP contribution < -0.4 is 0 Å². The maximum absolute atomic E-state index is 13.5. The van der Waals surface area contributed by atoms with Gasteiger partial charge in [0.25, 0.3) is 0 Å². The minimum Gasteiger partial charge on any atom is -0.298 e. The van der Waals surface area contributed by atoms with Gasteiger partial charge < -0.3 is 0 Å². The summed E-state index contributed by atoms with van der Waals surface area (Å²) in [5, 5.41) is 0. The summed E-state index contributed by atoms with van der Waals surface area (Å²) in [6.07, 6.45) is 2.57. The third-order valence-electron chi connectivity index (χ3n) is 4.07. The van der Waals surface area contributed by atoms with Gasteiger partial charge in [-0.1, -0.05) is 0 Å². The molecule has 1 aliphatic heterocycles. The van der Waals surface area contributed by atoms with Crippen LogP contribution in [0.5, 0.6) is 0 Å². The molecule has 1 aliphatic carbocycles. The summed E-state index contributed by atoms with van der Waals surface area (Å²) in [7, 11) is 0. The largest absolute Gasteiger partial charge is 0.298 e. The molecular formula is C15H18F2N2O. The Bertz CT molecular complexity index is 509. The van der Waals surface area contributed by atoms with E-state index in [4.69, 9.17) is 0 Å². The van der Waals surface area contributed by atoms with E-state index in [0.717, 1.165) is 50.4 Å². The molecule has 0 bridgehead atoms. The highest BCUT2D eigenvalue weighted by Crippen LogP contribution is 2.27. The molecule has 0 radical (unpaired) electrons. The molecule has 0 spiro atoms. The van der Waals surface area contributed by atoms with Gasteiger partial charge in [0.15, 0.2) is 5.78 Å². The highest BCUT2D eigenvalue weighted by atomic mass is 19.1. The summed E-state index contributed by atoms with van der Waals surface area (Å²) in [6, 6.07) is 3.76. The van der Waals surface area contributed by atoms with Crippen LogP contribution in [0.25, 0.3) is 0 Å². The third-order valence-corrected chi connectivity index (χ3v) is 4.07. The third kappa shape index (κ3) is 3.04. The Morgan fingerprint density at radius 2 is 1.85 bits per heavy atom. The van der Waals surface area contributed by atoms with Gasteiger partial charge in [-0.25, -0.2) is 8.78 Å². The summed E-state index contributed by atoms with van der Waals surface area (Å²) < 4.78 is 26.6. The fraction of sp³-hybridized carbons (Fsp3) is 0.533. The Morgan fingerprint density at radius 3 is 2.50 bits per heavy atom. The van der Waals surface area contributed by atoms with Crippen molar-refractivity contribution in [3.05, 3.63) is 35.4 Å². The monoisotopic (exact) mass is 280 g/mol. The van der Waals surface area contributed by atoms with Crippen LogP contribution >= 0.6 is 0 Å². The maximum Gasteiger partial charge on any atom is 0.179 e. The van der Waals surface area contributed by atoms with Gasteiger partial charge in [-0.2, -0.15) is 0 Å². The molecule has 2 aliphatic rings. The molecule has 5 heteroatoms. The zero-order valence-electron chi connectivity index (χ0n) is 11.3. The van der Waals surface area contributed by atoms with Gasteiger partial charge in [0.1, 0.15) is 11.6 Å². The molecule has 1 aromatic carbocycles. The number of nitrogens with zero attached hydrogens (tertiary/aromatic N) is 2. The average molecular weight is 280 g/mol. The topological polar surface area (TPSA) is 23.6 Å². The van der Waals surface area contributed by atoms with E-state index >= 15 is 0 Å². The van der Waals surface area contributed by atoms with Crippen molar-refractivity contribution >= 4 is 5.78 Å². The molecule has 3 rings (SSSR count). The molecule has 0 atom stereocenters. The Balaban J connectivity index is 1.57. The van der Waals surface area contributed by atoms with Crippen LogP contribution in [0.2, 0.25) is 0 Å². The normalized spacial score (nSPS) is 21.1. The van der Waals surface area contributed by atoms with Gasteiger partial charge >= 0.3 is 0 Å². The van der Waals surface area contributed by atoms with Crippen LogP contribution in [0.3, 0.4) is 0 Å². The molecule has 0 aromatic heterocycles. The summed E-state index contributed by atoms with van der Waals surface area (Å²) in [5.41, 5.74) is -0.144. The summed E-state index contributed by atoms with van der Waals surface area (Å²) >= 11 is 0. The second-order valence-electron chi connectivity index (χ2n) is 5.59. The van der Waals surface area contributed by atoms with Crippen LogP contribution in [0.15, 0.2) is 18.2 Å². The summed E-state index contributed by atoms with van der Waals surface area (Å²) in [6.45, 7) is 3.73. The number of benzene rings is 1. The first-order valence-corrected chi connectivity index (χ1v) is 7.08. The van der Waals surface area contributed by atoms with Gasteiger partial charge in [0.05, 0.1) is 12.1 Å². The van der Waals surface area contributed by atoms with Crippen LogP contribution in [-0.2, 0) is 0 Å². The molecule has 0 unspecified atom stereocenters. The van der Waals surface area contributed by atoms with Crippen LogP contribution in [0, 0.1) is 11.6 Å². The van der Waals surface area contributed by atoms with Crippen molar-refractivity contribution in [1.82, 2.24) is 9.80 Å². The van der Waals surface area contributed by atoms with Crippen molar-refractivity contribution in [2.24, 2.45) is 0 Å². The minimum atomic E-state index is -0.645. The van der Waals surface area contributed by atoms with Crippen molar-refractivity contribution in [1.29, 1.82) is 0 Å². The lowest BCUT2D eigenvalue weighted by Gasteiger charge is -2.34. The highest BCUT2D eigenvalue weighted by Gasteiger charge is 2.31. The number of ketones is 1. The van der Waals surface area contributed by atoms with E-state index < -0.39 is 11.6 Å². The second-order valence-corrected chi connectivity index (χ2v) is 5.59. The number of piperazine rings is 1. The summed E-state index contributed by atoms with van der Waals surface area (Å²) in [5.74, 6) is -1.57. The molecule has 108 valence electrons. The van der Waals surface area contributed by atoms with Crippen LogP contribution in [-0.4, -0.2) is 54.3 Å². The van der Waals surface area contributed by atoms with Crippen molar-refractivity contribution < 1.29 is 13.6 Å². The number of carbonyl (C=O) groups excluding carboxylic acids is 1. The first-order chi connectivity index (χ1) is 9.63. The van der Waals surface area contributed by atoms with E-state index in [1.165, 1.54) is 12.8 Å². The molecule has 1 heterocycles. The zero-order valence-corrected chi connectivity index (χ0v) is 11.3. The van der Waals surface area contributed by atoms with Crippen molar-refractivity contribution in [3.63, 3.8) is 0 Å². The van der Waals surface area contributed by atoms with Crippen molar-refractivity contribution in [2.45, 2.75) is 18.9 Å². The molecule has 1 saturated carbocycles. The van der Waals surface area contributed by atoms with Gasteiger partial charge in [0, 0.05) is 32.2 Å². The van der Waals surface area contributed by atoms with Crippen LogP contribution in [0.1, 0.15) is 23.2 Å². The standard InChI is InChI=1S/C15H18F2N2O/c16-11-1-4-14(17)13(9-11)15(20)10-18-5-7-19(8-6-18)12-2-3-12/h1,4,9,12H,2-3,5-8,10H2. The minimum absolute atomic E-state index is 0.144. The molecule has 2 fully saturated rings.